The molecule has 0 unspecified atom stereocenters. The normalized spacial score (nSPS) is 18.1. The molecule has 6 rings (SSSR count). The fourth-order valence-electron chi connectivity index (χ4n) is 14.0. The first-order valence-corrected chi connectivity index (χ1v) is 28.8. The summed E-state index contributed by atoms with van der Waals surface area (Å²) in [6.45, 7) is 56.2. The molecule has 0 saturated heterocycles. The maximum Gasteiger partial charge on any atom is -0.00360 e. The van der Waals surface area contributed by atoms with Gasteiger partial charge in [0, 0.05) is 0 Å². The minimum Gasteiger partial charge on any atom is -0.185 e. The first-order chi connectivity index (χ1) is 29.6. The van der Waals surface area contributed by atoms with E-state index in [1.807, 2.05) is 0 Å². The lowest BCUT2D eigenvalue weighted by atomic mass is 9.79. The number of aryl methyl sites for hydroxylation is 4. The van der Waals surface area contributed by atoms with Gasteiger partial charge in [0.25, 0.3) is 0 Å². The van der Waals surface area contributed by atoms with E-state index in [1.165, 1.54) is 86.5 Å². The van der Waals surface area contributed by atoms with Crippen molar-refractivity contribution >= 4 is 8.29 Å². The van der Waals surface area contributed by atoms with Gasteiger partial charge in [-0.05, 0) is 161 Å². The van der Waals surface area contributed by atoms with Crippen LogP contribution in [0.3, 0.4) is 0 Å². The van der Waals surface area contributed by atoms with Crippen molar-refractivity contribution in [3.63, 3.8) is 0 Å². The van der Waals surface area contributed by atoms with Crippen LogP contribution in [0, 0.1) is 27.7 Å². The summed E-state index contributed by atoms with van der Waals surface area (Å²) < 4.78 is 0. The van der Waals surface area contributed by atoms with E-state index in [2.05, 4.69) is 213 Å². The summed E-state index contributed by atoms with van der Waals surface area (Å²) in [5.41, 5.74) is 14.2. The molecule has 0 spiro atoms. The lowest BCUT2D eigenvalue weighted by Crippen LogP contribution is -2.60. The molecule has 0 aromatic heterocycles. The van der Waals surface area contributed by atoms with E-state index in [0.717, 1.165) is 0 Å². The molecule has 2 saturated carbocycles. The quantitative estimate of drug-likeness (QED) is 0.181. The average molecular weight is 900 g/mol. The van der Waals surface area contributed by atoms with E-state index in [-0.39, 0.29) is 32.5 Å². The Morgan fingerprint density at radius 1 is 0.308 bits per heavy atom. The van der Waals surface area contributed by atoms with Crippen LogP contribution >= 0.6 is 8.29 Å². The molecule has 0 nitrogen and oxygen atoms in total. The Kier molecular flexibility index (Phi) is 13.1. The van der Waals surface area contributed by atoms with Gasteiger partial charge in [-0.25, -0.2) is 0 Å². The highest BCUT2D eigenvalue weighted by atomic mass is 32.4. The zero-order chi connectivity index (χ0) is 48.8. The maximum atomic E-state index is 2.90. The summed E-state index contributed by atoms with van der Waals surface area (Å²) in [7, 11) is -4.78. The van der Waals surface area contributed by atoms with Crippen LogP contribution in [0.1, 0.15) is 244 Å². The molecular weight excluding hydrogens is 801 g/mol. The van der Waals surface area contributed by atoms with Crippen molar-refractivity contribution in [3.05, 3.63) is 116 Å². The van der Waals surface area contributed by atoms with Crippen LogP contribution in [0.5, 0.6) is 0 Å². The number of benzene rings is 4. The van der Waals surface area contributed by atoms with Crippen LogP contribution < -0.4 is 0 Å². The second-order valence-electron chi connectivity index (χ2n) is 28.1. The lowest BCUT2D eigenvalue weighted by Gasteiger charge is -2.90. The minimum absolute atomic E-state index is 0.145. The van der Waals surface area contributed by atoms with Crippen molar-refractivity contribution < 1.29 is 0 Å². The summed E-state index contributed by atoms with van der Waals surface area (Å²) in [6, 6.07) is 27.1. The van der Waals surface area contributed by atoms with Gasteiger partial charge in [-0.2, -0.15) is 8.29 Å². The molecule has 0 aliphatic heterocycles. The van der Waals surface area contributed by atoms with Crippen molar-refractivity contribution in [3.8, 4) is 0 Å². The topological polar surface area (TPSA) is 0 Å². The van der Waals surface area contributed by atoms with Gasteiger partial charge in [0.1, 0.15) is 0 Å². The van der Waals surface area contributed by atoms with Gasteiger partial charge in [0.05, 0.1) is 0 Å². The van der Waals surface area contributed by atoms with Gasteiger partial charge in [0.15, 0.2) is 0 Å². The van der Waals surface area contributed by atoms with Crippen molar-refractivity contribution in [2.75, 3.05) is 0 Å². The Bertz CT molecular complexity index is 2170. The summed E-state index contributed by atoms with van der Waals surface area (Å²) in [5, 5.41) is 0.736. The highest BCUT2D eigenvalue weighted by molar-refractivity contribution is 8.65. The molecule has 360 valence electrons. The van der Waals surface area contributed by atoms with Gasteiger partial charge in [-0.1, -0.05) is 234 Å². The molecule has 2 aliphatic carbocycles. The Balaban J connectivity index is 2.49. The molecule has 1 heteroatoms. The van der Waals surface area contributed by atoms with Crippen LogP contribution in [0.15, 0.2) is 80.2 Å². The van der Waals surface area contributed by atoms with Crippen LogP contribution in [0.25, 0.3) is 0 Å². The fraction of sp³-hybridized carbons (Fsp3) is 0.625. The summed E-state index contributed by atoms with van der Waals surface area (Å²) in [6.07, 6.45) is 12.6. The van der Waals surface area contributed by atoms with E-state index in [9.17, 15) is 0 Å². The van der Waals surface area contributed by atoms with Gasteiger partial charge in [0.2, 0.25) is 0 Å². The average Bonchev–Trinajstić information content (AvgIpc) is 3.17. The second-order valence-corrected chi connectivity index (χ2v) is 34.5. The molecule has 65 heavy (non-hydrogen) atoms. The van der Waals surface area contributed by atoms with Crippen molar-refractivity contribution in [2.24, 2.45) is 0 Å². The highest BCUT2D eigenvalue weighted by Crippen LogP contribution is 3.14. The van der Waals surface area contributed by atoms with E-state index < -0.39 is 8.29 Å². The summed E-state index contributed by atoms with van der Waals surface area (Å²) in [5.74, 6) is 0. The maximum absolute atomic E-state index is 4.78. The monoisotopic (exact) mass is 899 g/mol. The standard InChI is InChI=1S/C64H98S/c1-43-33-35-49(59(5,6)7)55(41-43)65(47-29-25-23-26-30-47,48-31-27-24-28-32-48,56-42-44(2)34-36-50(56)60(8,9)10,57-51(61(11,12)13)37-45(3)38-52(57)62(14,15)16)58-53(63(17,18)19)39-46(4)40-54(58)64(20,21)22/h33-42,47-48H,23-32H2,1-22H3. The summed E-state index contributed by atoms with van der Waals surface area (Å²) in [4.78, 5) is 7.02. The van der Waals surface area contributed by atoms with Crippen LogP contribution in [-0.2, 0) is 32.5 Å². The van der Waals surface area contributed by atoms with E-state index in [1.54, 1.807) is 53.0 Å². The molecule has 0 radical (unpaired) electrons. The second kappa shape index (κ2) is 16.4. The molecule has 2 aliphatic rings. The molecule has 0 N–H and O–H groups in total. The number of rotatable bonds is 6. The molecule has 0 bridgehead atoms. The van der Waals surface area contributed by atoms with Crippen LogP contribution in [-0.4, -0.2) is 10.5 Å². The lowest BCUT2D eigenvalue weighted by molar-refractivity contribution is 0.453. The van der Waals surface area contributed by atoms with Gasteiger partial charge in [-0.15, -0.1) is 0 Å². The fourth-order valence-corrected chi connectivity index (χ4v) is 28.4. The molecule has 4 aromatic rings. The third kappa shape index (κ3) is 7.68. The Hall–Kier alpha value is -2.77. The molecule has 0 atom stereocenters. The third-order valence-electron chi connectivity index (χ3n) is 16.7. The van der Waals surface area contributed by atoms with Crippen molar-refractivity contribution in [1.29, 1.82) is 0 Å². The predicted molar refractivity (Wildman–Crippen MR) is 291 cm³/mol. The molecule has 4 aromatic carbocycles. The molecule has 0 heterocycles. The Morgan fingerprint density at radius 3 is 0.785 bits per heavy atom. The first kappa shape index (κ1) is 51.6. The molecule has 0 amide bonds. The van der Waals surface area contributed by atoms with Gasteiger partial charge in [-0.3, -0.25) is 0 Å². The van der Waals surface area contributed by atoms with Crippen molar-refractivity contribution in [1.82, 2.24) is 0 Å². The van der Waals surface area contributed by atoms with Gasteiger partial charge < -0.3 is 0 Å². The van der Waals surface area contributed by atoms with E-state index in [0.29, 0.717) is 10.5 Å². The zero-order valence-corrected chi connectivity index (χ0v) is 47.2. The van der Waals surface area contributed by atoms with Gasteiger partial charge >= 0.3 is 0 Å². The smallest absolute Gasteiger partial charge is 0.00360 e. The van der Waals surface area contributed by atoms with Crippen LogP contribution in [0.4, 0.5) is 0 Å². The third-order valence-corrected chi connectivity index (χ3v) is 27.1. The molecular formula is C64H98S. The first-order valence-electron chi connectivity index (χ1n) is 26.2. The van der Waals surface area contributed by atoms with Crippen LogP contribution in [0.2, 0.25) is 0 Å². The SMILES string of the molecule is Cc1cc(C(C)(C)C)c(S(c2cc(C)ccc2C(C)(C)C)(c2cc(C)ccc2C(C)(C)C)(c2c(C(C)(C)C)cc(C)cc2C(C)(C)C)(C2CCCCC2)C2CCCCC2)c(C(C)(C)C)c1. The Morgan fingerprint density at radius 2 is 0.554 bits per heavy atom. The van der Waals surface area contributed by atoms with E-state index in [4.69, 9.17) is 0 Å². The van der Waals surface area contributed by atoms with E-state index >= 15 is 0 Å². The predicted octanol–water partition coefficient (Wildman–Crippen LogP) is 19.8. The number of hydrogen-bond donors (Lipinski definition) is 0. The minimum atomic E-state index is -4.78. The highest BCUT2D eigenvalue weighted by Gasteiger charge is 2.78. The summed E-state index contributed by atoms with van der Waals surface area (Å²) >= 11 is 0. The largest absolute Gasteiger partial charge is 0.185 e. The molecule has 2 fully saturated rings. The Labute approximate surface area is 401 Å². The number of hydrogen-bond acceptors (Lipinski definition) is 0. The zero-order valence-electron chi connectivity index (χ0n) is 46.4. The van der Waals surface area contributed by atoms with Crippen molar-refractivity contribution in [2.45, 2.75) is 279 Å².